The predicted molar refractivity (Wildman–Crippen MR) is 46.7 cm³/mol. The highest BCUT2D eigenvalue weighted by Gasteiger charge is 2.16. The summed E-state index contributed by atoms with van der Waals surface area (Å²) in [5.74, 6) is 0. The van der Waals surface area contributed by atoms with E-state index in [4.69, 9.17) is 4.74 Å². The van der Waals surface area contributed by atoms with E-state index in [2.05, 4.69) is 11.9 Å². The second kappa shape index (κ2) is 4.72. The van der Waals surface area contributed by atoms with Gasteiger partial charge in [0.1, 0.15) is 6.29 Å². The molecular formula is C9H13NO2. The first-order valence-electron chi connectivity index (χ1n) is 3.99. The summed E-state index contributed by atoms with van der Waals surface area (Å²) in [4.78, 5) is 9.93. The van der Waals surface area contributed by atoms with Crippen molar-refractivity contribution in [3.05, 3.63) is 24.4 Å². The molecule has 1 fully saturated rings. The summed E-state index contributed by atoms with van der Waals surface area (Å²) in [6.45, 7) is 5.35. The van der Waals surface area contributed by atoms with Crippen molar-refractivity contribution in [2.45, 2.75) is 12.5 Å². The molecule has 1 atom stereocenters. The van der Waals surface area contributed by atoms with Gasteiger partial charge < -0.3 is 10.1 Å². The third kappa shape index (κ3) is 2.88. The van der Waals surface area contributed by atoms with Crippen LogP contribution in [0.5, 0.6) is 0 Å². The number of rotatable bonds is 5. The SMILES string of the molecule is C=C(/C=C/C=O)NCC1CCO1. The number of ether oxygens (including phenoxy) is 1. The van der Waals surface area contributed by atoms with Gasteiger partial charge in [-0.25, -0.2) is 0 Å². The average molecular weight is 167 g/mol. The molecule has 1 saturated heterocycles. The maximum Gasteiger partial charge on any atom is 0.142 e. The summed E-state index contributed by atoms with van der Waals surface area (Å²) in [5.41, 5.74) is 0.748. The Kier molecular flexibility index (Phi) is 3.54. The summed E-state index contributed by atoms with van der Waals surface area (Å²) >= 11 is 0. The van der Waals surface area contributed by atoms with Gasteiger partial charge in [0.25, 0.3) is 0 Å². The van der Waals surface area contributed by atoms with Crippen molar-refractivity contribution in [1.82, 2.24) is 5.32 Å². The van der Waals surface area contributed by atoms with Crippen LogP contribution < -0.4 is 5.32 Å². The van der Waals surface area contributed by atoms with Gasteiger partial charge in [0.15, 0.2) is 0 Å². The fourth-order valence-electron chi connectivity index (χ4n) is 0.905. The third-order valence-corrected chi connectivity index (χ3v) is 1.73. The first-order chi connectivity index (χ1) is 5.83. The van der Waals surface area contributed by atoms with Gasteiger partial charge in [-0.3, -0.25) is 4.79 Å². The van der Waals surface area contributed by atoms with Crippen molar-refractivity contribution in [3.63, 3.8) is 0 Å². The Labute approximate surface area is 72.1 Å². The number of hydrogen-bond acceptors (Lipinski definition) is 3. The summed E-state index contributed by atoms with van der Waals surface area (Å²) in [6.07, 6.45) is 5.22. The molecule has 1 rings (SSSR count). The largest absolute Gasteiger partial charge is 0.383 e. The van der Waals surface area contributed by atoms with Gasteiger partial charge in [-0.05, 0) is 18.6 Å². The van der Waals surface area contributed by atoms with Crippen molar-refractivity contribution in [2.24, 2.45) is 0 Å². The number of aldehydes is 1. The van der Waals surface area contributed by atoms with Crippen LogP contribution in [0.3, 0.4) is 0 Å². The van der Waals surface area contributed by atoms with E-state index in [-0.39, 0.29) is 0 Å². The molecule has 0 aliphatic carbocycles. The molecule has 3 nitrogen and oxygen atoms in total. The molecule has 1 aliphatic rings. The third-order valence-electron chi connectivity index (χ3n) is 1.73. The van der Waals surface area contributed by atoms with Crippen molar-refractivity contribution in [2.75, 3.05) is 13.2 Å². The fourth-order valence-corrected chi connectivity index (χ4v) is 0.905. The van der Waals surface area contributed by atoms with Crippen LogP contribution in [-0.2, 0) is 9.53 Å². The minimum Gasteiger partial charge on any atom is -0.383 e. The van der Waals surface area contributed by atoms with Gasteiger partial charge in [0.2, 0.25) is 0 Å². The van der Waals surface area contributed by atoms with Gasteiger partial charge in [-0.1, -0.05) is 6.58 Å². The minimum absolute atomic E-state index is 0.325. The molecule has 0 aromatic carbocycles. The van der Waals surface area contributed by atoms with Crippen LogP contribution in [0.4, 0.5) is 0 Å². The first-order valence-corrected chi connectivity index (χ1v) is 3.99. The minimum atomic E-state index is 0.325. The van der Waals surface area contributed by atoms with Gasteiger partial charge in [-0.15, -0.1) is 0 Å². The zero-order valence-corrected chi connectivity index (χ0v) is 6.95. The van der Waals surface area contributed by atoms with Crippen molar-refractivity contribution >= 4 is 6.29 Å². The first kappa shape index (κ1) is 9.00. The van der Waals surface area contributed by atoms with Crippen LogP contribution in [0.2, 0.25) is 0 Å². The van der Waals surface area contributed by atoms with Crippen LogP contribution >= 0.6 is 0 Å². The Morgan fingerprint density at radius 3 is 3.00 bits per heavy atom. The normalized spacial score (nSPS) is 21.8. The predicted octanol–water partition coefficient (Wildman–Crippen LogP) is 0.634. The zero-order chi connectivity index (χ0) is 8.81. The second-order valence-electron chi connectivity index (χ2n) is 2.68. The van der Waals surface area contributed by atoms with E-state index in [0.29, 0.717) is 6.10 Å². The molecule has 0 aromatic heterocycles. The maximum absolute atomic E-state index is 9.93. The Hall–Kier alpha value is -1.09. The van der Waals surface area contributed by atoms with Gasteiger partial charge in [0, 0.05) is 18.8 Å². The highest BCUT2D eigenvalue weighted by molar-refractivity contribution is 5.65. The molecule has 1 aliphatic heterocycles. The summed E-state index contributed by atoms with van der Waals surface area (Å²) < 4.78 is 5.19. The summed E-state index contributed by atoms with van der Waals surface area (Å²) in [5, 5.41) is 3.05. The molecule has 0 bridgehead atoms. The van der Waals surface area contributed by atoms with E-state index < -0.39 is 0 Å². The number of allylic oxidation sites excluding steroid dienone is 2. The van der Waals surface area contributed by atoms with E-state index >= 15 is 0 Å². The monoisotopic (exact) mass is 167 g/mol. The van der Waals surface area contributed by atoms with Crippen LogP contribution in [0, 0.1) is 0 Å². The van der Waals surface area contributed by atoms with Crippen LogP contribution in [0.25, 0.3) is 0 Å². The molecule has 1 N–H and O–H groups in total. The standard InChI is InChI=1S/C9H13NO2/c1-8(3-2-5-11)10-7-9-4-6-12-9/h2-3,5,9-10H,1,4,6-7H2/b3-2+. The Morgan fingerprint density at radius 2 is 2.50 bits per heavy atom. The van der Waals surface area contributed by atoms with Gasteiger partial charge in [-0.2, -0.15) is 0 Å². The Morgan fingerprint density at radius 1 is 1.75 bits per heavy atom. The second-order valence-corrected chi connectivity index (χ2v) is 2.68. The average Bonchev–Trinajstić information content (AvgIpc) is 1.98. The number of carbonyl (C=O) groups excluding carboxylic acids is 1. The molecule has 1 heterocycles. The number of carbonyl (C=O) groups is 1. The molecule has 0 spiro atoms. The number of hydrogen-bond donors (Lipinski definition) is 1. The van der Waals surface area contributed by atoms with Crippen LogP contribution in [-0.4, -0.2) is 25.5 Å². The lowest BCUT2D eigenvalue weighted by Crippen LogP contribution is -2.36. The van der Waals surface area contributed by atoms with E-state index in [1.165, 1.54) is 6.08 Å². The molecule has 0 amide bonds. The lowest BCUT2D eigenvalue weighted by Gasteiger charge is -2.26. The fraction of sp³-hybridized carbons (Fsp3) is 0.444. The lowest BCUT2D eigenvalue weighted by molar-refractivity contribution is -0.104. The molecule has 1 unspecified atom stereocenters. The molecule has 66 valence electrons. The highest BCUT2D eigenvalue weighted by Crippen LogP contribution is 2.09. The van der Waals surface area contributed by atoms with Crippen LogP contribution in [0.15, 0.2) is 24.4 Å². The maximum atomic E-state index is 9.93. The van der Waals surface area contributed by atoms with Crippen molar-refractivity contribution < 1.29 is 9.53 Å². The van der Waals surface area contributed by atoms with Crippen LogP contribution in [0.1, 0.15) is 6.42 Å². The highest BCUT2D eigenvalue weighted by atomic mass is 16.5. The Balaban J connectivity index is 2.08. The van der Waals surface area contributed by atoms with E-state index in [9.17, 15) is 4.79 Å². The lowest BCUT2D eigenvalue weighted by atomic mass is 10.2. The Bertz CT molecular complexity index is 195. The molecule has 0 radical (unpaired) electrons. The molecule has 3 heteroatoms. The number of nitrogens with one attached hydrogen (secondary N) is 1. The van der Waals surface area contributed by atoms with Gasteiger partial charge in [0.05, 0.1) is 6.10 Å². The molecule has 12 heavy (non-hydrogen) atoms. The van der Waals surface area contributed by atoms with E-state index in [1.807, 2.05) is 0 Å². The van der Waals surface area contributed by atoms with E-state index in [0.717, 1.165) is 31.6 Å². The van der Waals surface area contributed by atoms with Crippen molar-refractivity contribution in [3.8, 4) is 0 Å². The quantitative estimate of drug-likeness (QED) is 0.371. The summed E-state index contributed by atoms with van der Waals surface area (Å²) in [7, 11) is 0. The topological polar surface area (TPSA) is 38.3 Å². The van der Waals surface area contributed by atoms with Crippen molar-refractivity contribution in [1.29, 1.82) is 0 Å². The summed E-state index contributed by atoms with van der Waals surface area (Å²) in [6, 6.07) is 0. The van der Waals surface area contributed by atoms with Gasteiger partial charge >= 0.3 is 0 Å². The molecule has 0 saturated carbocycles. The van der Waals surface area contributed by atoms with E-state index in [1.54, 1.807) is 6.08 Å². The molecular weight excluding hydrogens is 154 g/mol. The zero-order valence-electron chi connectivity index (χ0n) is 6.95. The smallest absolute Gasteiger partial charge is 0.142 e. The molecule has 0 aromatic rings.